The standard InChI is InChI=1S/C16H27N3OS/c1-13(2)8-6-4-5-7-9-17-12-14-15(20-3)18-16-19(14)10-11-21-16/h10-11,13,17H,4-9,12H2,1-3H3. The number of unbranched alkanes of at least 4 members (excludes halogenated alkanes) is 3. The van der Waals surface area contributed by atoms with Gasteiger partial charge >= 0.3 is 0 Å². The Labute approximate surface area is 131 Å². The van der Waals surface area contributed by atoms with E-state index >= 15 is 0 Å². The van der Waals surface area contributed by atoms with Crippen LogP contribution in [-0.4, -0.2) is 23.0 Å². The smallest absolute Gasteiger partial charge is 0.237 e. The van der Waals surface area contributed by atoms with Gasteiger partial charge in [0.2, 0.25) is 5.88 Å². The third-order valence-electron chi connectivity index (χ3n) is 3.70. The van der Waals surface area contributed by atoms with E-state index < -0.39 is 0 Å². The molecule has 0 aliphatic heterocycles. The van der Waals surface area contributed by atoms with Crippen LogP contribution in [0.2, 0.25) is 0 Å². The lowest BCUT2D eigenvalue weighted by atomic mass is 10.0. The number of hydrogen-bond acceptors (Lipinski definition) is 4. The number of nitrogens with zero attached hydrogens (tertiary/aromatic N) is 2. The van der Waals surface area contributed by atoms with Crippen LogP contribution in [0.1, 0.15) is 51.6 Å². The van der Waals surface area contributed by atoms with Crippen molar-refractivity contribution in [3.05, 3.63) is 17.3 Å². The lowest BCUT2D eigenvalue weighted by Crippen LogP contribution is -2.16. The van der Waals surface area contributed by atoms with E-state index in [1.165, 1.54) is 32.1 Å². The molecule has 0 bridgehead atoms. The Kier molecular flexibility index (Phi) is 6.51. The molecule has 5 heteroatoms. The van der Waals surface area contributed by atoms with Crippen molar-refractivity contribution in [3.63, 3.8) is 0 Å². The summed E-state index contributed by atoms with van der Waals surface area (Å²) < 4.78 is 7.47. The van der Waals surface area contributed by atoms with Crippen LogP contribution >= 0.6 is 11.3 Å². The fraction of sp³-hybridized carbons (Fsp3) is 0.688. The molecule has 2 aromatic heterocycles. The van der Waals surface area contributed by atoms with Crippen LogP contribution in [0, 0.1) is 5.92 Å². The van der Waals surface area contributed by atoms with Crippen LogP contribution in [0.4, 0.5) is 0 Å². The Morgan fingerprint density at radius 1 is 1.29 bits per heavy atom. The summed E-state index contributed by atoms with van der Waals surface area (Å²) in [6, 6.07) is 0. The molecule has 0 unspecified atom stereocenters. The van der Waals surface area contributed by atoms with E-state index in [1.807, 2.05) is 0 Å². The number of imidazole rings is 1. The average Bonchev–Trinajstić information content (AvgIpc) is 3.02. The predicted molar refractivity (Wildman–Crippen MR) is 89.3 cm³/mol. The SMILES string of the molecule is COc1nc2sccn2c1CNCCCCCCC(C)C. The molecular weight excluding hydrogens is 282 g/mol. The minimum absolute atomic E-state index is 0.742. The van der Waals surface area contributed by atoms with Crippen molar-refractivity contribution in [2.75, 3.05) is 13.7 Å². The Morgan fingerprint density at radius 3 is 2.86 bits per heavy atom. The minimum Gasteiger partial charge on any atom is -0.480 e. The van der Waals surface area contributed by atoms with Crippen molar-refractivity contribution < 1.29 is 4.74 Å². The second-order valence-electron chi connectivity index (χ2n) is 5.90. The molecule has 0 saturated carbocycles. The fourth-order valence-corrected chi connectivity index (χ4v) is 3.22. The van der Waals surface area contributed by atoms with Gasteiger partial charge in [-0.05, 0) is 18.9 Å². The summed E-state index contributed by atoms with van der Waals surface area (Å²) >= 11 is 1.64. The molecule has 0 fully saturated rings. The monoisotopic (exact) mass is 309 g/mol. The zero-order valence-corrected chi connectivity index (χ0v) is 14.2. The molecule has 0 atom stereocenters. The van der Waals surface area contributed by atoms with Gasteiger partial charge in [0.15, 0.2) is 4.96 Å². The molecule has 0 radical (unpaired) electrons. The molecule has 0 spiro atoms. The number of ether oxygens (including phenoxy) is 1. The molecule has 1 N–H and O–H groups in total. The summed E-state index contributed by atoms with van der Waals surface area (Å²) in [5.41, 5.74) is 1.12. The Morgan fingerprint density at radius 2 is 2.10 bits per heavy atom. The summed E-state index contributed by atoms with van der Waals surface area (Å²) in [5, 5.41) is 5.56. The molecule has 0 aliphatic carbocycles. The molecule has 2 aromatic rings. The highest BCUT2D eigenvalue weighted by Crippen LogP contribution is 2.22. The van der Waals surface area contributed by atoms with Crippen molar-refractivity contribution in [1.29, 1.82) is 0 Å². The first kappa shape index (κ1) is 16.3. The van der Waals surface area contributed by atoms with Crippen molar-refractivity contribution >= 4 is 16.3 Å². The predicted octanol–water partition coefficient (Wildman–Crippen LogP) is 4.10. The number of thiazole rings is 1. The van der Waals surface area contributed by atoms with Crippen LogP contribution < -0.4 is 10.1 Å². The summed E-state index contributed by atoms with van der Waals surface area (Å²) in [5.74, 6) is 1.58. The highest BCUT2D eigenvalue weighted by atomic mass is 32.1. The number of fused-ring (bicyclic) bond motifs is 1. The van der Waals surface area contributed by atoms with Gasteiger partial charge < -0.3 is 10.1 Å². The molecule has 0 saturated heterocycles. The van der Waals surface area contributed by atoms with Gasteiger partial charge in [-0.15, -0.1) is 11.3 Å². The fourth-order valence-electron chi connectivity index (χ4n) is 2.50. The number of methoxy groups -OCH3 is 1. The zero-order valence-electron chi connectivity index (χ0n) is 13.4. The van der Waals surface area contributed by atoms with Gasteiger partial charge in [-0.1, -0.05) is 39.5 Å². The number of aromatic nitrogens is 2. The van der Waals surface area contributed by atoms with Crippen molar-refractivity contribution in [2.24, 2.45) is 5.92 Å². The van der Waals surface area contributed by atoms with Crippen LogP contribution in [0.25, 0.3) is 4.96 Å². The highest BCUT2D eigenvalue weighted by Gasteiger charge is 2.12. The van der Waals surface area contributed by atoms with Gasteiger partial charge in [0.25, 0.3) is 0 Å². The summed E-state index contributed by atoms with van der Waals surface area (Å²) in [6.07, 6.45) is 8.69. The van der Waals surface area contributed by atoms with Gasteiger partial charge in [-0.2, -0.15) is 4.98 Å². The van der Waals surface area contributed by atoms with Crippen LogP contribution in [-0.2, 0) is 6.54 Å². The molecule has 0 aromatic carbocycles. The average molecular weight is 309 g/mol. The molecular formula is C16H27N3OS. The van der Waals surface area contributed by atoms with E-state index in [0.29, 0.717) is 0 Å². The van der Waals surface area contributed by atoms with Gasteiger partial charge in [0.1, 0.15) is 5.69 Å². The Balaban J connectivity index is 1.67. The molecule has 21 heavy (non-hydrogen) atoms. The van der Waals surface area contributed by atoms with Crippen LogP contribution in [0.15, 0.2) is 11.6 Å². The first-order chi connectivity index (χ1) is 10.2. The van der Waals surface area contributed by atoms with Gasteiger partial charge in [0.05, 0.1) is 7.11 Å². The van der Waals surface area contributed by atoms with Gasteiger partial charge in [-0.25, -0.2) is 0 Å². The number of rotatable bonds is 10. The number of nitrogens with one attached hydrogen (secondary N) is 1. The lowest BCUT2D eigenvalue weighted by molar-refractivity contribution is 0.392. The van der Waals surface area contributed by atoms with Crippen molar-refractivity contribution in [2.45, 2.75) is 52.5 Å². The van der Waals surface area contributed by atoms with E-state index in [0.717, 1.165) is 35.5 Å². The highest BCUT2D eigenvalue weighted by molar-refractivity contribution is 7.15. The van der Waals surface area contributed by atoms with Crippen molar-refractivity contribution in [1.82, 2.24) is 14.7 Å². The Bertz CT molecular complexity index is 533. The third-order valence-corrected chi connectivity index (χ3v) is 4.45. The third kappa shape index (κ3) is 4.71. The maximum Gasteiger partial charge on any atom is 0.237 e. The quantitative estimate of drug-likeness (QED) is 0.672. The molecule has 118 valence electrons. The Hall–Kier alpha value is -1.07. The van der Waals surface area contributed by atoms with E-state index in [9.17, 15) is 0 Å². The maximum absolute atomic E-state index is 5.36. The minimum atomic E-state index is 0.742. The molecule has 4 nitrogen and oxygen atoms in total. The maximum atomic E-state index is 5.36. The first-order valence-electron chi connectivity index (χ1n) is 7.91. The van der Waals surface area contributed by atoms with Crippen LogP contribution in [0.5, 0.6) is 5.88 Å². The van der Waals surface area contributed by atoms with E-state index in [1.54, 1.807) is 18.4 Å². The second kappa shape index (κ2) is 8.39. The summed E-state index contributed by atoms with van der Waals surface area (Å²) in [6.45, 7) is 6.46. The van der Waals surface area contributed by atoms with Crippen LogP contribution in [0.3, 0.4) is 0 Å². The van der Waals surface area contributed by atoms with Gasteiger partial charge in [0, 0.05) is 18.1 Å². The molecule has 2 heterocycles. The molecule has 2 rings (SSSR count). The normalized spacial score (nSPS) is 11.6. The molecule has 0 amide bonds. The van der Waals surface area contributed by atoms with E-state index in [4.69, 9.17) is 4.74 Å². The largest absolute Gasteiger partial charge is 0.480 e. The lowest BCUT2D eigenvalue weighted by Gasteiger charge is -2.07. The summed E-state index contributed by atoms with van der Waals surface area (Å²) in [7, 11) is 1.69. The first-order valence-corrected chi connectivity index (χ1v) is 8.79. The van der Waals surface area contributed by atoms with E-state index in [-0.39, 0.29) is 0 Å². The van der Waals surface area contributed by atoms with Crippen molar-refractivity contribution in [3.8, 4) is 5.88 Å². The molecule has 0 aliphatic rings. The van der Waals surface area contributed by atoms with E-state index in [2.05, 4.69) is 40.1 Å². The van der Waals surface area contributed by atoms with Gasteiger partial charge in [-0.3, -0.25) is 4.40 Å². The summed E-state index contributed by atoms with van der Waals surface area (Å²) in [4.78, 5) is 5.46. The topological polar surface area (TPSA) is 38.6 Å². The second-order valence-corrected chi connectivity index (χ2v) is 6.77. The zero-order chi connectivity index (χ0) is 15.1. The number of hydrogen-bond donors (Lipinski definition) is 1.